The molecule has 0 spiro atoms. The Balaban J connectivity index is 1.58. The minimum atomic E-state index is -0.697. The van der Waals surface area contributed by atoms with Crippen LogP contribution in [0.4, 0.5) is 5.69 Å². The Labute approximate surface area is 176 Å². The maximum atomic E-state index is 12.7. The fourth-order valence-corrected chi connectivity index (χ4v) is 4.81. The Morgan fingerprint density at radius 1 is 1.27 bits per heavy atom. The van der Waals surface area contributed by atoms with Crippen LogP contribution in [0.3, 0.4) is 0 Å². The topological polar surface area (TPSA) is 103 Å². The number of carbonyl (C=O) groups excluding carboxylic acids is 3. The van der Waals surface area contributed by atoms with Crippen molar-refractivity contribution in [2.75, 3.05) is 25.0 Å². The second-order valence-corrected chi connectivity index (χ2v) is 8.91. The van der Waals surface area contributed by atoms with Crippen LogP contribution in [0.25, 0.3) is 0 Å². The highest BCUT2D eigenvalue weighted by Gasteiger charge is 2.72. The molecule has 4 rings (SSSR count). The lowest BCUT2D eigenvalue weighted by Gasteiger charge is -2.22. The van der Waals surface area contributed by atoms with E-state index < -0.39 is 17.3 Å². The third-order valence-electron chi connectivity index (χ3n) is 6.32. The fourth-order valence-electron chi connectivity index (χ4n) is 4.81. The van der Waals surface area contributed by atoms with Crippen LogP contribution in [0.1, 0.15) is 39.2 Å². The van der Waals surface area contributed by atoms with Gasteiger partial charge in [-0.3, -0.25) is 19.3 Å². The molecule has 2 fully saturated rings. The first-order valence-electron chi connectivity index (χ1n) is 10.6. The number of para-hydroxylation sites is 1. The Kier molecular flexibility index (Phi) is 5.36. The summed E-state index contributed by atoms with van der Waals surface area (Å²) < 4.78 is 0. The summed E-state index contributed by atoms with van der Waals surface area (Å²) in [6, 6.07) is 7.42. The number of hydrazone groups is 1. The predicted octanol–water partition coefficient (Wildman–Crippen LogP) is 1.33. The summed E-state index contributed by atoms with van der Waals surface area (Å²) in [6.07, 6.45) is 2.25. The SMILES string of the molecule is CC(C)NC(=O)[C@@H]1C2C(=O)NN=C(c3ccccc3NC(=O)CN3CCCC3)[C@@]21C. The number of nitrogens with one attached hydrogen (secondary N) is 3. The predicted molar refractivity (Wildman–Crippen MR) is 114 cm³/mol. The minimum absolute atomic E-state index is 0.00985. The van der Waals surface area contributed by atoms with Gasteiger partial charge in [0, 0.05) is 22.7 Å². The summed E-state index contributed by atoms with van der Waals surface area (Å²) in [5.74, 6) is -1.39. The number of amides is 3. The molecule has 30 heavy (non-hydrogen) atoms. The van der Waals surface area contributed by atoms with Crippen LogP contribution in [-0.4, -0.2) is 54.0 Å². The van der Waals surface area contributed by atoms with Crippen LogP contribution < -0.4 is 16.1 Å². The second kappa shape index (κ2) is 7.83. The van der Waals surface area contributed by atoms with Gasteiger partial charge in [0.25, 0.3) is 0 Å². The molecule has 2 heterocycles. The number of benzene rings is 1. The maximum Gasteiger partial charge on any atom is 0.245 e. The van der Waals surface area contributed by atoms with Gasteiger partial charge in [-0.2, -0.15) is 5.10 Å². The number of rotatable bonds is 6. The van der Waals surface area contributed by atoms with E-state index in [1.165, 1.54) is 0 Å². The van der Waals surface area contributed by atoms with E-state index in [0.29, 0.717) is 17.9 Å². The first kappa shape index (κ1) is 20.5. The molecule has 2 aliphatic heterocycles. The average molecular weight is 412 g/mol. The van der Waals surface area contributed by atoms with Crippen molar-refractivity contribution in [1.29, 1.82) is 0 Å². The molecular weight excluding hydrogens is 382 g/mol. The summed E-state index contributed by atoms with van der Waals surface area (Å²) in [5.41, 5.74) is 3.89. The molecule has 0 aromatic heterocycles. The molecule has 1 saturated heterocycles. The van der Waals surface area contributed by atoms with Gasteiger partial charge in [0.05, 0.1) is 24.1 Å². The van der Waals surface area contributed by atoms with E-state index in [9.17, 15) is 14.4 Å². The van der Waals surface area contributed by atoms with Gasteiger partial charge >= 0.3 is 0 Å². The molecule has 8 heteroatoms. The minimum Gasteiger partial charge on any atom is -0.354 e. The van der Waals surface area contributed by atoms with E-state index in [4.69, 9.17) is 0 Å². The zero-order valence-corrected chi connectivity index (χ0v) is 17.7. The van der Waals surface area contributed by atoms with Crippen LogP contribution in [0.2, 0.25) is 0 Å². The number of likely N-dealkylation sites (tertiary alicyclic amines) is 1. The zero-order valence-electron chi connectivity index (χ0n) is 17.7. The lowest BCUT2D eigenvalue weighted by molar-refractivity contribution is -0.127. The monoisotopic (exact) mass is 411 g/mol. The first-order valence-corrected chi connectivity index (χ1v) is 10.6. The molecular formula is C22H29N5O3. The molecule has 1 aliphatic carbocycles. The van der Waals surface area contributed by atoms with E-state index in [-0.39, 0.29) is 23.8 Å². The van der Waals surface area contributed by atoms with Crippen molar-refractivity contribution in [3.8, 4) is 0 Å². The zero-order chi connectivity index (χ0) is 21.5. The molecule has 8 nitrogen and oxygen atoms in total. The lowest BCUT2D eigenvalue weighted by atomic mass is 9.89. The molecule has 1 unspecified atom stereocenters. The van der Waals surface area contributed by atoms with Gasteiger partial charge in [-0.05, 0) is 45.8 Å². The lowest BCUT2D eigenvalue weighted by Crippen LogP contribution is -2.35. The van der Waals surface area contributed by atoms with Crippen LogP contribution in [0, 0.1) is 17.3 Å². The van der Waals surface area contributed by atoms with Gasteiger partial charge in [-0.15, -0.1) is 0 Å². The molecule has 160 valence electrons. The number of hydrogen-bond acceptors (Lipinski definition) is 5. The van der Waals surface area contributed by atoms with Gasteiger partial charge in [0.2, 0.25) is 17.7 Å². The number of nitrogens with zero attached hydrogens (tertiary/aromatic N) is 2. The van der Waals surface area contributed by atoms with Crippen molar-refractivity contribution in [3.05, 3.63) is 29.8 Å². The van der Waals surface area contributed by atoms with E-state index in [2.05, 4.69) is 26.1 Å². The number of carbonyl (C=O) groups is 3. The standard InChI is InChI=1S/C22H29N5O3/c1-13(2)23-20(29)17-18-21(30)26-25-19(22(17,18)3)14-8-4-5-9-15(14)24-16(28)12-27-10-6-7-11-27/h4-5,8-9,13,17-18H,6-7,10-12H2,1-3H3,(H,23,29)(H,24,28)(H,26,30)/t17-,18?,22+/m0/s1. The molecule has 3 amide bonds. The highest BCUT2D eigenvalue weighted by molar-refractivity contribution is 6.19. The van der Waals surface area contributed by atoms with Crippen molar-refractivity contribution in [2.45, 2.75) is 39.7 Å². The van der Waals surface area contributed by atoms with Crippen LogP contribution in [-0.2, 0) is 14.4 Å². The normalized spacial score (nSPS) is 27.9. The summed E-state index contributed by atoms with van der Waals surface area (Å²) >= 11 is 0. The summed E-state index contributed by atoms with van der Waals surface area (Å²) in [5, 5.41) is 10.3. The third-order valence-corrected chi connectivity index (χ3v) is 6.32. The van der Waals surface area contributed by atoms with Crippen molar-refractivity contribution in [2.24, 2.45) is 22.4 Å². The van der Waals surface area contributed by atoms with Crippen LogP contribution in [0.5, 0.6) is 0 Å². The molecule has 3 aliphatic rings. The third kappa shape index (κ3) is 3.60. The molecule has 0 radical (unpaired) electrons. The molecule has 3 N–H and O–H groups in total. The molecule has 1 aromatic rings. The molecule has 0 bridgehead atoms. The summed E-state index contributed by atoms with van der Waals surface area (Å²) in [4.78, 5) is 39.9. The van der Waals surface area contributed by atoms with Crippen molar-refractivity contribution in [1.82, 2.24) is 15.6 Å². The van der Waals surface area contributed by atoms with Gasteiger partial charge < -0.3 is 10.6 Å². The Bertz CT molecular complexity index is 906. The van der Waals surface area contributed by atoms with Gasteiger partial charge in [0.1, 0.15) is 0 Å². The molecule has 1 saturated carbocycles. The van der Waals surface area contributed by atoms with Crippen molar-refractivity contribution in [3.63, 3.8) is 0 Å². The summed E-state index contributed by atoms with van der Waals surface area (Å²) in [6.45, 7) is 7.94. The van der Waals surface area contributed by atoms with E-state index >= 15 is 0 Å². The summed E-state index contributed by atoms with van der Waals surface area (Å²) in [7, 11) is 0. The number of anilines is 1. The van der Waals surface area contributed by atoms with Crippen molar-refractivity contribution >= 4 is 29.1 Å². The highest BCUT2D eigenvalue weighted by atomic mass is 16.2. The van der Waals surface area contributed by atoms with E-state index in [0.717, 1.165) is 31.5 Å². The first-order chi connectivity index (χ1) is 14.3. The van der Waals surface area contributed by atoms with E-state index in [1.807, 2.05) is 45.0 Å². The maximum absolute atomic E-state index is 12.7. The van der Waals surface area contributed by atoms with Gasteiger partial charge in [-0.25, -0.2) is 5.43 Å². The van der Waals surface area contributed by atoms with Crippen LogP contribution >= 0.6 is 0 Å². The Morgan fingerprint density at radius 2 is 1.97 bits per heavy atom. The smallest absolute Gasteiger partial charge is 0.245 e. The second-order valence-electron chi connectivity index (χ2n) is 8.91. The fraction of sp³-hybridized carbons (Fsp3) is 0.545. The van der Waals surface area contributed by atoms with Gasteiger partial charge in [-0.1, -0.05) is 25.1 Å². The molecule has 3 atom stereocenters. The van der Waals surface area contributed by atoms with Gasteiger partial charge in [0.15, 0.2) is 0 Å². The van der Waals surface area contributed by atoms with E-state index in [1.54, 1.807) is 0 Å². The van der Waals surface area contributed by atoms with Crippen molar-refractivity contribution < 1.29 is 14.4 Å². The Hall–Kier alpha value is -2.74. The highest BCUT2D eigenvalue weighted by Crippen LogP contribution is 2.62. The quantitative estimate of drug-likeness (QED) is 0.657. The largest absolute Gasteiger partial charge is 0.354 e. The Morgan fingerprint density at radius 3 is 2.67 bits per heavy atom. The average Bonchev–Trinajstić information content (AvgIpc) is 3.03. The number of hydrogen-bond donors (Lipinski definition) is 3. The van der Waals surface area contributed by atoms with Crippen LogP contribution in [0.15, 0.2) is 29.4 Å². The number of fused-ring (bicyclic) bond motifs is 1. The molecule has 1 aromatic carbocycles.